The Morgan fingerprint density at radius 3 is 2.46 bits per heavy atom. The van der Waals surface area contributed by atoms with E-state index in [1.54, 1.807) is 24.3 Å². The highest BCUT2D eigenvalue weighted by atomic mass is 16.6. The third kappa shape index (κ3) is 1.75. The molecule has 1 atom stereocenters. The summed E-state index contributed by atoms with van der Waals surface area (Å²) in [6, 6.07) is 8.89. The summed E-state index contributed by atoms with van der Waals surface area (Å²) in [5, 5.41) is 0. The maximum Gasteiger partial charge on any atom is 0.348 e. The van der Waals surface area contributed by atoms with Crippen LogP contribution in [0.2, 0.25) is 0 Å². The first-order valence-corrected chi connectivity index (χ1v) is 4.06. The molecule has 3 heteroatoms. The van der Waals surface area contributed by atoms with Crippen molar-refractivity contribution in [1.82, 2.24) is 0 Å². The summed E-state index contributed by atoms with van der Waals surface area (Å²) in [5.74, 6) is -0.319. The lowest BCUT2D eigenvalue weighted by Gasteiger charge is -1.95. The number of ketones is 1. The Balaban J connectivity index is 2.02. The van der Waals surface area contributed by atoms with Gasteiger partial charge in [0.25, 0.3) is 0 Å². The zero-order chi connectivity index (χ0) is 9.26. The summed E-state index contributed by atoms with van der Waals surface area (Å²) < 4.78 is 4.55. The molecule has 1 heterocycles. The summed E-state index contributed by atoms with van der Waals surface area (Å²) in [5.41, 5.74) is 0.630. The molecule has 2 rings (SSSR count). The predicted octanol–water partition coefficient (Wildman–Crippen LogP) is 1.18. The van der Waals surface area contributed by atoms with Gasteiger partial charge in [0.05, 0.1) is 6.42 Å². The fourth-order valence-corrected chi connectivity index (χ4v) is 1.14. The van der Waals surface area contributed by atoms with Crippen molar-refractivity contribution in [2.75, 3.05) is 0 Å². The van der Waals surface area contributed by atoms with E-state index in [1.165, 1.54) is 0 Å². The first-order valence-electron chi connectivity index (χ1n) is 4.06. The fourth-order valence-electron chi connectivity index (χ4n) is 1.14. The Labute approximate surface area is 75.3 Å². The van der Waals surface area contributed by atoms with Gasteiger partial charge in [-0.3, -0.25) is 4.79 Å². The van der Waals surface area contributed by atoms with Crippen molar-refractivity contribution in [3.05, 3.63) is 35.9 Å². The van der Waals surface area contributed by atoms with Gasteiger partial charge in [0.1, 0.15) is 0 Å². The molecule has 0 amide bonds. The molecule has 0 N–H and O–H groups in total. The van der Waals surface area contributed by atoms with Gasteiger partial charge in [-0.05, 0) is 0 Å². The largest absolute Gasteiger partial charge is 0.447 e. The minimum absolute atomic E-state index is 0.0450. The normalized spacial score (nSPS) is 19.4. The highest BCUT2D eigenvalue weighted by Crippen LogP contribution is 2.18. The van der Waals surface area contributed by atoms with Crippen LogP contribution in [-0.4, -0.2) is 17.9 Å². The molecule has 13 heavy (non-hydrogen) atoms. The molecular formula is C10H8O3. The zero-order valence-electron chi connectivity index (χ0n) is 6.90. The van der Waals surface area contributed by atoms with Crippen LogP contribution < -0.4 is 0 Å². The molecule has 1 aromatic carbocycles. The van der Waals surface area contributed by atoms with E-state index < -0.39 is 6.10 Å². The Bertz CT molecular complexity index is 342. The van der Waals surface area contributed by atoms with Crippen LogP contribution in [0.4, 0.5) is 0 Å². The lowest BCUT2D eigenvalue weighted by Crippen LogP contribution is -2.03. The molecule has 0 bridgehead atoms. The highest BCUT2D eigenvalue weighted by Gasteiger charge is 2.39. The van der Waals surface area contributed by atoms with E-state index in [1.807, 2.05) is 6.07 Å². The molecule has 1 fully saturated rings. The van der Waals surface area contributed by atoms with Crippen LogP contribution >= 0.6 is 0 Å². The number of hydrogen-bond acceptors (Lipinski definition) is 3. The van der Waals surface area contributed by atoms with E-state index in [0.717, 1.165) is 0 Å². The number of cyclic esters (lactones) is 1. The SMILES string of the molecule is O=C(CC1OC1=O)c1ccccc1. The summed E-state index contributed by atoms with van der Waals surface area (Å²) in [6.07, 6.45) is -0.309. The molecule has 0 saturated carbocycles. The lowest BCUT2D eigenvalue weighted by atomic mass is 10.1. The van der Waals surface area contributed by atoms with Crippen LogP contribution in [0.3, 0.4) is 0 Å². The molecule has 0 radical (unpaired) electrons. The molecule has 0 spiro atoms. The van der Waals surface area contributed by atoms with Gasteiger partial charge >= 0.3 is 5.97 Å². The summed E-state index contributed by atoms with van der Waals surface area (Å²) >= 11 is 0. The van der Waals surface area contributed by atoms with Gasteiger partial charge in [-0.25, -0.2) is 4.79 Å². The number of carbonyl (C=O) groups is 2. The first kappa shape index (κ1) is 7.98. The fraction of sp³-hybridized carbons (Fsp3) is 0.200. The van der Waals surface area contributed by atoms with Crippen LogP contribution in [-0.2, 0) is 9.53 Å². The number of Topliss-reactive ketones (excluding diaryl/α,β-unsaturated/α-hetero) is 1. The molecule has 66 valence electrons. The van der Waals surface area contributed by atoms with Crippen molar-refractivity contribution in [2.45, 2.75) is 12.5 Å². The van der Waals surface area contributed by atoms with Gasteiger partial charge < -0.3 is 4.74 Å². The van der Waals surface area contributed by atoms with Gasteiger partial charge in [-0.2, -0.15) is 0 Å². The van der Waals surface area contributed by atoms with Crippen molar-refractivity contribution in [3.63, 3.8) is 0 Å². The third-order valence-electron chi connectivity index (χ3n) is 1.93. The standard InChI is InChI=1S/C10H8O3/c11-8(6-9-10(12)13-9)7-4-2-1-3-5-7/h1-5,9H,6H2. The second-order valence-electron chi connectivity index (χ2n) is 2.92. The average Bonchev–Trinajstić information content (AvgIpc) is 2.83. The van der Waals surface area contributed by atoms with Crippen molar-refractivity contribution in [2.24, 2.45) is 0 Å². The molecule has 1 unspecified atom stereocenters. The molecule has 0 aromatic heterocycles. The maximum atomic E-state index is 11.4. The molecule has 0 aliphatic carbocycles. The third-order valence-corrected chi connectivity index (χ3v) is 1.93. The number of ether oxygens (including phenoxy) is 1. The van der Waals surface area contributed by atoms with E-state index >= 15 is 0 Å². The average molecular weight is 176 g/mol. The smallest absolute Gasteiger partial charge is 0.348 e. The Hall–Kier alpha value is -1.64. The molecule has 3 nitrogen and oxygen atoms in total. The zero-order valence-corrected chi connectivity index (χ0v) is 6.90. The van der Waals surface area contributed by atoms with Crippen LogP contribution in [0.15, 0.2) is 30.3 Å². The first-order chi connectivity index (χ1) is 6.27. The molecule has 1 aliphatic heterocycles. The van der Waals surface area contributed by atoms with Gasteiger partial charge in [0, 0.05) is 5.56 Å². The van der Waals surface area contributed by atoms with E-state index in [0.29, 0.717) is 5.56 Å². The predicted molar refractivity (Wildman–Crippen MR) is 45.3 cm³/mol. The molecule has 1 saturated heterocycles. The summed E-state index contributed by atoms with van der Waals surface area (Å²) in [6.45, 7) is 0. The van der Waals surface area contributed by atoms with E-state index in [4.69, 9.17) is 0 Å². The second kappa shape index (κ2) is 3.01. The summed E-state index contributed by atoms with van der Waals surface area (Å²) in [4.78, 5) is 21.9. The minimum Gasteiger partial charge on any atom is -0.447 e. The maximum absolute atomic E-state index is 11.4. The Kier molecular flexibility index (Phi) is 1.85. The summed E-state index contributed by atoms with van der Waals surface area (Å²) in [7, 11) is 0. The number of carbonyl (C=O) groups excluding carboxylic acids is 2. The molecule has 1 aromatic rings. The lowest BCUT2D eigenvalue weighted by molar-refractivity contribution is -0.117. The van der Waals surface area contributed by atoms with E-state index in [2.05, 4.69) is 4.74 Å². The van der Waals surface area contributed by atoms with E-state index in [9.17, 15) is 9.59 Å². The van der Waals surface area contributed by atoms with Gasteiger partial charge in [-0.1, -0.05) is 30.3 Å². The van der Waals surface area contributed by atoms with Crippen molar-refractivity contribution in [1.29, 1.82) is 0 Å². The van der Waals surface area contributed by atoms with Crippen molar-refractivity contribution >= 4 is 11.8 Å². The van der Waals surface area contributed by atoms with Gasteiger partial charge in [0.15, 0.2) is 5.78 Å². The quantitative estimate of drug-likeness (QED) is 0.513. The molecular weight excluding hydrogens is 168 g/mol. The Morgan fingerprint density at radius 1 is 1.31 bits per heavy atom. The number of hydrogen-bond donors (Lipinski definition) is 0. The van der Waals surface area contributed by atoms with Crippen LogP contribution in [0.25, 0.3) is 0 Å². The van der Waals surface area contributed by atoms with Gasteiger partial charge in [0.2, 0.25) is 6.10 Å². The Morgan fingerprint density at radius 2 is 1.92 bits per heavy atom. The van der Waals surface area contributed by atoms with Crippen molar-refractivity contribution < 1.29 is 14.3 Å². The minimum atomic E-state index is -0.479. The number of benzene rings is 1. The van der Waals surface area contributed by atoms with E-state index in [-0.39, 0.29) is 18.2 Å². The van der Waals surface area contributed by atoms with Crippen LogP contribution in [0.5, 0.6) is 0 Å². The highest BCUT2D eigenvalue weighted by molar-refractivity contribution is 6.01. The number of rotatable bonds is 3. The van der Waals surface area contributed by atoms with Crippen LogP contribution in [0.1, 0.15) is 16.8 Å². The molecule has 1 aliphatic rings. The number of epoxide rings is 1. The van der Waals surface area contributed by atoms with Crippen LogP contribution in [0, 0.1) is 0 Å². The topological polar surface area (TPSA) is 46.7 Å². The second-order valence-corrected chi connectivity index (χ2v) is 2.92. The van der Waals surface area contributed by atoms with Crippen molar-refractivity contribution in [3.8, 4) is 0 Å². The monoisotopic (exact) mass is 176 g/mol. The van der Waals surface area contributed by atoms with Gasteiger partial charge in [-0.15, -0.1) is 0 Å².